The smallest absolute Gasteiger partial charge is 0.310 e. The van der Waals surface area contributed by atoms with Crippen LogP contribution in [0.5, 0.6) is 0 Å². The number of carbonyl (C=O) groups is 1. The quantitative estimate of drug-likeness (QED) is 0.802. The molecule has 4 nitrogen and oxygen atoms in total. The van der Waals surface area contributed by atoms with E-state index in [2.05, 4.69) is 6.07 Å². The lowest BCUT2D eigenvalue weighted by Gasteiger charge is -2.11. The zero-order valence-electron chi connectivity index (χ0n) is 10.8. The van der Waals surface area contributed by atoms with Gasteiger partial charge in [0.15, 0.2) is 0 Å². The number of hydrogen-bond acceptors (Lipinski definition) is 4. The van der Waals surface area contributed by atoms with Crippen molar-refractivity contribution >= 4 is 5.97 Å². The summed E-state index contributed by atoms with van der Waals surface area (Å²) < 4.78 is 4.90. The van der Waals surface area contributed by atoms with E-state index in [-0.39, 0.29) is 12.4 Å². The molecular formula is C14H18N2O2. The van der Waals surface area contributed by atoms with Crippen molar-refractivity contribution in [2.24, 2.45) is 5.73 Å². The van der Waals surface area contributed by atoms with E-state index >= 15 is 0 Å². The molecule has 0 heterocycles. The van der Waals surface area contributed by atoms with Gasteiger partial charge in [0, 0.05) is 6.54 Å². The largest absolute Gasteiger partial charge is 0.466 e. The first-order valence-electron chi connectivity index (χ1n) is 6.06. The first-order chi connectivity index (χ1) is 8.65. The number of nitrogens with zero attached hydrogens (tertiary/aromatic N) is 1. The van der Waals surface area contributed by atoms with E-state index in [0.717, 1.165) is 23.1 Å². The second-order valence-electron chi connectivity index (χ2n) is 3.93. The lowest BCUT2D eigenvalue weighted by Crippen LogP contribution is -2.10. The Labute approximate surface area is 107 Å². The lowest BCUT2D eigenvalue weighted by molar-refractivity contribution is -0.142. The predicted octanol–water partition coefficient (Wildman–Crippen LogP) is 1.68. The fraction of sp³-hybridized carbons (Fsp3) is 0.429. The second-order valence-corrected chi connectivity index (χ2v) is 3.93. The normalized spacial score (nSPS) is 9.89. The highest BCUT2D eigenvalue weighted by Gasteiger charge is 2.11. The van der Waals surface area contributed by atoms with Crippen LogP contribution >= 0.6 is 0 Å². The Morgan fingerprint density at radius 2 is 2.17 bits per heavy atom. The fourth-order valence-corrected chi connectivity index (χ4v) is 1.94. The first kappa shape index (κ1) is 14.2. The van der Waals surface area contributed by atoms with Crippen molar-refractivity contribution in [2.45, 2.75) is 33.2 Å². The summed E-state index contributed by atoms with van der Waals surface area (Å²) in [5.41, 5.74) is 8.91. The summed E-state index contributed by atoms with van der Waals surface area (Å²) in [5, 5.41) is 9.11. The second kappa shape index (κ2) is 6.77. The highest BCUT2D eigenvalue weighted by atomic mass is 16.5. The van der Waals surface area contributed by atoms with Gasteiger partial charge in [0.2, 0.25) is 0 Å². The molecule has 0 unspecified atom stereocenters. The topological polar surface area (TPSA) is 76.1 Å². The van der Waals surface area contributed by atoms with Gasteiger partial charge < -0.3 is 10.5 Å². The number of hydrogen-bond donors (Lipinski definition) is 1. The van der Waals surface area contributed by atoms with Gasteiger partial charge in [-0.3, -0.25) is 4.79 Å². The molecule has 0 amide bonds. The molecule has 2 N–H and O–H groups in total. The molecule has 96 valence electrons. The van der Waals surface area contributed by atoms with Crippen LogP contribution in [0, 0.1) is 11.3 Å². The van der Waals surface area contributed by atoms with Gasteiger partial charge in [-0.25, -0.2) is 0 Å². The average Bonchev–Trinajstić information content (AvgIpc) is 2.37. The summed E-state index contributed by atoms with van der Waals surface area (Å²) in [6.45, 7) is 4.48. The molecule has 0 spiro atoms. The van der Waals surface area contributed by atoms with Gasteiger partial charge in [-0.15, -0.1) is 0 Å². The molecule has 18 heavy (non-hydrogen) atoms. The Bertz CT molecular complexity index is 475. The summed E-state index contributed by atoms with van der Waals surface area (Å²) in [7, 11) is 0. The zero-order valence-corrected chi connectivity index (χ0v) is 10.8. The number of nitrogens with two attached hydrogens (primary N) is 1. The number of aryl methyl sites for hydroxylation is 1. The monoisotopic (exact) mass is 246 g/mol. The number of ether oxygens (including phenoxy) is 1. The van der Waals surface area contributed by atoms with Crippen LogP contribution in [0.3, 0.4) is 0 Å². The van der Waals surface area contributed by atoms with E-state index in [0.29, 0.717) is 18.7 Å². The molecule has 0 bridgehead atoms. The van der Waals surface area contributed by atoms with E-state index in [9.17, 15) is 4.79 Å². The third kappa shape index (κ3) is 3.31. The molecule has 1 rings (SSSR count). The van der Waals surface area contributed by atoms with Crippen LogP contribution in [0.25, 0.3) is 0 Å². The van der Waals surface area contributed by atoms with Crippen molar-refractivity contribution in [3.05, 3.63) is 34.4 Å². The Hall–Kier alpha value is -1.86. The molecule has 0 fully saturated rings. The molecule has 0 aliphatic carbocycles. The van der Waals surface area contributed by atoms with Crippen LogP contribution in [-0.2, 0) is 28.9 Å². The standard InChI is InChI=1S/C14H18N2O2/c1-3-11-5-10(7-14(17)18-4-2)6-12(8-15)13(11)9-16/h5-6H,3-4,7,9,16H2,1-2H3. The average molecular weight is 246 g/mol. The Morgan fingerprint density at radius 1 is 1.44 bits per heavy atom. The molecule has 0 atom stereocenters. The fourth-order valence-electron chi connectivity index (χ4n) is 1.94. The molecule has 0 aromatic heterocycles. The number of benzene rings is 1. The Kier molecular flexibility index (Phi) is 5.34. The van der Waals surface area contributed by atoms with Crippen LogP contribution in [0.1, 0.15) is 36.1 Å². The number of esters is 1. The molecule has 0 radical (unpaired) electrons. The van der Waals surface area contributed by atoms with Crippen molar-refractivity contribution < 1.29 is 9.53 Å². The summed E-state index contributed by atoms with van der Waals surface area (Å²) in [4.78, 5) is 11.4. The molecule has 4 heteroatoms. The van der Waals surface area contributed by atoms with Gasteiger partial charge in [0.1, 0.15) is 0 Å². The van der Waals surface area contributed by atoms with Gasteiger partial charge in [0.25, 0.3) is 0 Å². The van der Waals surface area contributed by atoms with Crippen LogP contribution in [0.2, 0.25) is 0 Å². The minimum atomic E-state index is -0.274. The van der Waals surface area contributed by atoms with Crippen LogP contribution in [0.15, 0.2) is 12.1 Å². The molecule has 0 saturated heterocycles. The van der Waals surface area contributed by atoms with Crippen LogP contribution in [-0.4, -0.2) is 12.6 Å². The molecule has 0 saturated carbocycles. The molecule has 1 aromatic carbocycles. The van der Waals surface area contributed by atoms with E-state index in [4.69, 9.17) is 15.7 Å². The first-order valence-corrected chi connectivity index (χ1v) is 6.06. The van der Waals surface area contributed by atoms with E-state index in [1.54, 1.807) is 13.0 Å². The molecule has 1 aromatic rings. The maximum Gasteiger partial charge on any atom is 0.310 e. The summed E-state index contributed by atoms with van der Waals surface area (Å²) >= 11 is 0. The van der Waals surface area contributed by atoms with Gasteiger partial charge in [-0.2, -0.15) is 5.26 Å². The van der Waals surface area contributed by atoms with Crippen molar-refractivity contribution in [1.29, 1.82) is 5.26 Å². The number of nitriles is 1. The van der Waals surface area contributed by atoms with Gasteiger partial charge in [0.05, 0.1) is 24.7 Å². The number of carbonyl (C=O) groups excluding carboxylic acids is 1. The van der Waals surface area contributed by atoms with Crippen molar-refractivity contribution in [3.8, 4) is 6.07 Å². The Balaban J connectivity index is 3.08. The maximum absolute atomic E-state index is 11.4. The summed E-state index contributed by atoms with van der Waals surface area (Å²) in [6, 6.07) is 5.79. The van der Waals surface area contributed by atoms with Crippen molar-refractivity contribution in [2.75, 3.05) is 6.61 Å². The molecular weight excluding hydrogens is 228 g/mol. The van der Waals surface area contributed by atoms with E-state index in [1.165, 1.54) is 0 Å². The molecule has 0 aliphatic rings. The lowest BCUT2D eigenvalue weighted by atomic mass is 9.95. The minimum absolute atomic E-state index is 0.195. The highest BCUT2D eigenvalue weighted by molar-refractivity contribution is 5.73. The van der Waals surface area contributed by atoms with E-state index in [1.807, 2.05) is 13.0 Å². The van der Waals surface area contributed by atoms with Gasteiger partial charge >= 0.3 is 5.97 Å². The van der Waals surface area contributed by atoms with Gasteiger partial charge in [-0.05, 0) is 36.1 Å². The van der Waals surface area contributed by atoms with Crippen LogP contribution in [0.4, 0.5) is 0 Å². The van der Waals surface area contributed by atoms with E-state index < -0.39 is 0 Å². The maximum atomic E-state index is 11.4. The van der Waals surface area contributed by atoms with Crippen molar-refractivity contribution in [3.63, 3.8) is 0 Å². The highest BCUT2D eigenvalue weighted by Crippen LogP contribution is 2.18. The molecule has 0 aliphatic heterocycles. The third-order valence-electron chi connectivity index (χ3n) is 2.76. The Morgan fingerprint density at radius 3 is 2.67 bits per heavy atom. The summed E-state index contributed by atoms with van der Waals surface area (Å²) in [5.74, 6) is -0.274. The predicted molar refractivity (Wildman–Crippen MR) is 68.8 cm³/mol. The van der Waals surface area contributed by atoms with Crippen LogP contribution < -0.4 is 5.73 Å². The summed E-state index contributed by atoms with van der Waals surface area (Å²) in [6.07, 6.45) is 0.984. The zero-order chi connectivity index (χ0) is 13.5. The van der Waals surface area contributed by atoms with Gasteiger partial charge in [-0.1, -0.05) is 13.0 Å². The minimum Gasteiger partial charge on any atom is -0.466 e. The third-order valence-corrected chi connectivity index (χ3v) is 2.76. The number of rotatable bonds is 5. The SMILES string of the molecule is CCOC(=O)Cc1cc(C#N)c(CN)c(CC)c1. The van der Waals surface area contributed by atoms with Crippen molar-refractivity contribution in [1.82, 2.24) is 0 Å².